The maximum Gasteiger partial charge on any atom is 0.160 e. The average Bonchev–Trinajstić information content (AvgIpc) is 2.83. The summed E-state index contributed by atoms with van der Waals surface area (Å²) in [5, 5.41) is 8.84. The Balaban J connectivity index is 1.50. The van der Waals surface area contributed by atoms with Crippen molar-refractivity contribution in [3.8, 4) is 23.3 Å². The monoisotopic (exact) mass is 436 g/mol. The normalized spacial score (nSPS) is 16.5. The van der Waals surface area contributed by atoms with Crippen LogP contribution in [-0.2, 0) is 13.0 Å². The zero-order valence-electron chi connectivity index (χ0n) is 19.6. The van der Waals surface area contributed by atoms with Gasteiger partial charge in [0.25, 0.3) is 0 Å². The summed E-state index contributed by atoms with van der Waals surface area (Å²) in [6.45, 7) is 4.36. The molecule has 1 fully saturated rings. The van der Waals surface area contributed by atoms with Crippen molar-refractivity contribution < 1.29 is 14.6 Å². The van der Waals surface area contributed by atoms with Crippen molar-refractivity contribution in [3.63, 3.8) is 0 Å². The topological polar surface area (TPSA) is 45.2 Å². The van der Waals surface area contributed by atoms with Gasteiger partial charge in [0.2, 0.25) is 0 Å². The molecule has 0 saturated carbocycles. The molecule has 32 heavy (non-hydrogen) atoms. The van der Waals surface area contributed by atoms with E-state index < -0.39 is 0 Å². The highest BCUT2D eigenvalue weighted by Gasteiger charge is 2.23. The van der Waals surface area contributed by atoms with Crippen molar-refractivity contribution in [3.05, 3.63) is 59.2 Å². The van der Waals surface area contributed by atoms with Crippen LogP contribution in [0.25, 0.3) is 0 Å². The zero-order chi connectivity index (χ0) is 22.8. The molecule has 0 amide bonds. The van der Waals surface area contributed by atoms with Gasteiger partial charge in [0, 0.05) is 37.7 Å². The number of methoxy groups -OCH3 is 2. The molecule has 1 saturated heterocycles. The summed E-state index contributed by atoms with van der Waals surface area (Å²) in [5.74, 6) is 7.64. The maximum atomic E-state index is 8.84. The lowest BCUT2D eigenvalue weighted by Crippen LogP contribution is -2.46. The van der Waals surface area contributed by atoms with Crippen LogP contribution in [0.3, 0.4) is 0 Å². The van der Waals surface area contributed by atoms with Crippen LogP contribution in [0.15, 0.2) is 42.5 Å². The van der Waals surface area contributed by atoms with E-state index in [9.17, 15) is 0 Å². The molecule has 1 aliphatic heterocycles. The molecular weight excluding hydrogens is 400 g/mol. The highest BCUT2D eigenvalue weighted by Crippen LogP contribution is 2.28. The van der Waals surface area contributed by atoms with Gasteiger partial charge in [-0.15, -0.1) is 0 Å². The molecule has 2 aromatic rings. The van der Waals surface area contributed by atoms with E-state index in [0.29, 0.717) is 12.5 Å². The Morgan fingerprint density at radius 2 is 1.81 bits per heavy atom. The van der Waals surface area contributed by atoms with Crippen LogP contribution in [0.4, 0.5) is 0 Å². The smallest absolute Gasteiger partial charge is 0.160 e. The van der Waals surface area contributed by atoms with Gasteiger partial charge in [0.15, 0.2) is 11.5 Å². The molecule has 1 N–H and O–H groups in total. The summed E-state index contributed by atoms with van der Waals surface area (Å²) in [4.78, 5) is 5.07. The van der Waals surface area contributed by atoms with Crippen molar-refractivity contribution in [2.45, 2.75) is 38.3 Å². The van der Waals surface area contributed by atoms with E-state index in [1.807, 2.05) is 6.07 Å². The van der Waals surface area contributed by atoms with Gasteiger partial charge < -0.3 is 19.5 Å². The second-order valence-corrected chi connectivity index (χ2v) is 8.42. The number of piperidine rings is 1. The zero-order valence-corrected chi connectivity index (χ0v) is 19.6. The molecule has 2 aromatic carbocycles. The first-order valence-electron chi connectivity index (χ1n) is 11.4. The minimum atomic E-state index is 0.115. The molecule has 1 heterocycles. The van der Waals surface area contributed by atoms with E-state index in [1.165, 1.54) is 24.0 Å². The molecule has 172 valence electrons. The lowest BCUT2D eigenvalue weighted by Gasteiger charge is -2.37. The number of ether oxygens (including phenoxy) is 2. The number of likely N-dealkylation sites (tertiary alicyclic amines) is 1. The molecule has 3 rings (SSSR count). The van der Waals surface area contributed by atoms with Gasteiger partial charge in [-0.3, -0.25) is 4.90 Å². The molecule has 5 nitrogen and oxygen atoms in total. The largest absolute Gasteiger partial charge is 0.493 e. The van der Waals surface area contributed by atoms with Crippen molar-refractivity contribution in [1.29, 1.82) is 0 Å². The first-order valence-corrected chi connectivity index (χ1v) is 11.4. The van der Waals surface area contributed by atoms with Crippen LogP contribution >= 0.6 is 0 Å². The average molecular weight is 437 g/mol. The van der Waals surface area contributed by atoms with Crippen LogP contribution in [0.1, 0.15) is 36.0 Å². The van der Waals surface area contributed by atoms with Crippen LogP contribution in [0.5, 0.6) is 11.5 Å². The fourth-order valence-electron chi connectivity index (χ4n) is 4.23. The molecule has 1 atom stereocenters. The third-order valence-electron chi connectivity index (χ3n) is 6.13. The first-order chi connectivity index (χ1) is 15.6. The molecule has 0 spiro atoms. The summed E-state index contributed by atoms with van der Waals surface area (Å²) >= 11 is 0. The van der Waals surface area contributed by atoms with Crippen LogP contribution < -0.4 is 9.47 Å². The predicted octanol–water partition coefficient (Wildman–Crippen LogP) is 3.58. The van der Waals surface area contributed by atoms with Gasteiger partial charge in [-0.05, 0) is 68.2 Å². The molecular formula is C27H36N2O3. The lowest BCUT2D eigenvalue weighted by molar-refractivity contribution is 0.112. The Labute approximate surface area is 192 Å². The van der Waals surface area contributed by atoms with E-state index in [1.54, 1.807) is 14.2 Å². The number of nitrogens with zero attached hydrogens (tertiary/aromatic N) is 2. The SMILES string of the molecule is COc1ccc(CCN(C)C2CCCN(Cc3ccc(C#CCCO)cc3)C2)cc1OC. The number of aliphatic hydroxyl groups is 1. The van der Waals surface area contributed by atoms with Crippen molar-refractivity contribution >= 4 is 0 Å². The fourth-order valence-corrected chi connectivity index (χ4v) is 4.23. The number of hydrogen-bond acceptors (Lipinski definition) is 5. The molecule has 5 heteroatoms. The second kappa shape index (κ2) is 12.5. The Kier molecular flexibility index (Phi) is 9.43. The highest BCUT2D eigenvalue weighted by atomic mass is 16.5. The van der Waals surface area contributed by atoms with Gasteiger partial charge in [-0.1, -0.05) is 30.0 Å². The summed E-state index contributed by atoms with van der Waals surface area (Å²) in [7, 11) is 5.60. The Bertz CT molecular complexity index is 901. The van der Waals surface area contributed by atoms with E-state index >= 15 is 0 Å². The number of benzene rings is 2. The highest BCUT2D eigenvalue weighted by molar-refractivity contribution is 5.43. The predicted molar refractivity (Wildman–Crippen MR) is 129 cm³/mol. The van der Waals surface area contributed by atoms with Crippen LogP contribution in [-0.4, -0.2) is 68.5 Å². The minimum Gasteiger partial charge on any atom is -0.493 e. The third-order valence-corrected chi connectivity index (χ3v) is 6.13. The Hall–Kier alpha value is -2.52. The van der Waals surface area contributed by atoms with Crippen molar-refractivity contribution in [1.82, 2.24) is 9.80 Å². The van der Waals surface area contributed by atoms with E-state index in [0.717, 1.165) is 49.7 Å². The van der Waals surface area contributed by atoms with Crippen molar-refractivity contribution in [2.75, 3.05) is 47.5 Å². The molecule has 0 radical (unpaired) electrons. The number of hydrogen-bond donors (Lipinski definition) is 1. The Morgan fingerprint density at radius 3 is 2.53 bits per heavy atom. The molecule has 0 aliphatic carbocycles. The van der Waals surface area contributed by atoms with Gasteiger partial charge in [-0.2, -0.15) is 0 Å². The first kappa shape index (κ1) is 24.1. The lowest BCUT2D eigenvalue weighted by atomic mass is 10.0. The number of aliphatic hydroxyl groups excluding tert-OH is 1. The standard InChI is InChI=1S/C27H36N2O3/c1-28(17-15-23-13-14-26(31-2)27(19-23)32-3)25-8-6-16-29(21-25)20-24-11-9-22(10-12-24)7-4-5-18-30/h9-14,19,25,30H,5-6,8,15-18,20-21H2,1-3H3. The van der Waals surface area contributed by atoms with Crippen LogP contribution in [0.2, 0.25) is 0 Å². The molecule has 0 aromatic heterocycles. The van der Waals surface area contributed by atoms with Gasteiger partial charge in [-0.25, -0.2) is 0 Å². The maximum absolute atomic E-state index is 8.84. The second-order valence-electron chi connectivity index (χ2n) is 8.42. The van der Waals surface area contributed by atoms with Gasteiger partial charge in [0.05, 0.1) is 20.8 Å². The Morgan fingerprint density at radius 1 is 1.06 bits per heavy atom. The summed E-state index contributed by atoms with van der Waals surface area (Å²) in [5.41, 5.74) is 3.60. The van der Waals surface area contributed by atoms with E-state index in [2.05, 4.69) is 65.1 Å². The van der Waals surface area contributed by atoms with Gasteiger partial charge >= 0.3 is 0 Å². The van der Waals surface area contributed by atoms with E-state index in [-0.39, 0.29) is 6.61 Å². The summed E-state index contributed by atoms with van der Waals surface area (Å²) in [6.07, 6.45) is 4.00. The molecule has 1 aliphatic rings. The van der Waals surface area contributed by atoms with Crippen LogP contribution in [0, 0.1) is 11.8 Å². The number of likely N-dealkylation sites (N-methyl/N-ethyl adjacent to an activating group) is 1. The number of rotatable bonds is 9. The molecule has 1 unspecified atom stereocenters. The van der Waals surface area contributed by atoms with Gasteiger partial charge in [0.1, 0.15) is 0 Å². The minimum absolute atomic E-state index is 0.115. The quantitative estimate of drug-likeness (QED) is 0.609. The van der Waals surface area contributed by atoms with E-state index in [4.69, 9.17) is 14.6 Å². The molecule has 0 bridgehead atoms. The summed E-state index contributed by atoms with van der Waals surface area (Å²) < 4.78 is 10.8. The fraction of sp³-hybridized carbons (Fsp3) is 0.481. The summed E-state index contributed by atoms with van der Waals surface area (Å²) in [6, 6.07) is 15.3. The third kappa shape index (κ3) is 7.00. The van der Waals surface area contributed by atoms with Crippen molar-refractivity contribution in [2.24, 2.45) is 0 Å².